The summed E-state index contributed by atoms with van der Waals surface area (Å²) >= 11 is 0. The molecule has 0 bridgehead atoms. The Kier molecular flexibility index (Phi) is 6.10. The van der Waals surface area contributed by atoms with E-state index in [4.69, 9.17) is 9.47 Å². The van der Waals surface area contributed by atoms with Gasteiger partial charge in [-0.1, -0.05) is 0 Å². The molecule has 0 aliphatic carbocycles. The second-order valence-electron chi connectivity index (χ2n) is 3.83. The number of rotatable bonds is 8. The van der Waals surface area contributed by atoms with Crippen molar-refractivity contribution >= 4 is 0 Å². The molecule has 1 rings (SSSR count). The van der Waals surface area contributed by atoms with Crippen LogP contribution in [0.2, 0.25) is 0 Å². The van der Waals surface area contributed by atoms with Crippen molar-refractivity contribution in [2.45, 2.75) is 12.5 Å². The molecule has 1 aliphatic heterocycles. The SMILES string of the molecule is COCC(CNCCC1CNC1)OC. The van der Waals surface area contributed by atoms with Gasteiger partial charge in [0.25, 0.3) is 0 Å². The average molecular weight is 202 g/mol. The summed E-state index contributed by atoms with van der Waals surface area (Å²) in [5.74, 6) is 0.880. The minimum absolute atomic E-state index is 0.180. The van der Waals surface area contributed by atoms with Gasteiger partial charge in [0.1, 0.15) is 0 Å². The van der Waals surface area contributed by atoms with E-state index in [1.54, 1.807) is 14.2 Å². The van der Waals surface area contributed by atoms with Crippen LogP contribution in [0.25, 0.3) is 0 Å². The molecule has 14 heavy (non-hydrogen) atoms. The molecule has 1 heterocycles. The third-order valence-corrected chi connectivity index (χ3v) is 2.65. The van der Waals surface area contributed by atoms with E-state index in [-0.39, 0.29) is 6.10 Å². The molecule has 84 valence electrons. The summed E-state index contributed by atoms with van der Waals surface area (Å²) in [6.45, 7) is 5.00. The number of hydrogen-bond acceptors (Lipinski definition) is 4. The van der Waals surface area contributed by atoms with Gasteiger partial charge in [0, 0.05) is 20.8 Å². The Labute approximate surface area is 86.3 Å². The predicted octanol–water partition coefficient (Wildman–Crippen LogP) is -0.153. The van der Waals surface area contributed by atoms with Gasteiger partial charge in [-0.05, 0) is 32.0 Å². The largest absolute Gasteiger partial charge is 0.382 e. The number of hydrogen-bond donors (Lipinski definition) is 2. The first-order valence-electron chi connectivity index (χ1n) is 5.30. The lowest BCUT2D eigenvalue weighted by Crippen LogP contribution is -2.43. The van der Waals surface area contributed by atoms with Crippen LogP contribution in [0.4, 0.5) is 0 Å². The van der Waals surface area contributed by atoms with Crippen LogP contribution < -0.4 is 10.6 Å². The Hall–Kier alpha value is -0.160. The highest BCUT2D eigenvalue weighted by Crippen LogP contribution is 2.06. The zero-order chi connectivity index (χ0) is 10.2. The summed E-state index contributed by atoms with van der Waals surface area (Å²) in [7, 11) is 3.42. The van der Waals surface area contributed by atoms with Gasteiger partial charge in [0.2, 0.25) is 0 Å². The van der Waals surface area contributed by atoms with Crippen molar-refractivity contribution in [3.8, 4) is 0 Å². The fourth-order valence-corrected chi connectivity index (χ4v) is 1.52. The molecule has 0 aromatic carbocycles. The number of methoxy groups -OCH3 is 2. The van der Waals surface area contributed by atoms with Gasteiger partial charge >= 0.3 is 0 Å². The normalized spacial score (nSPS) is 19.3. The van der Waals surface area contributed by atoms with Gasteiger partial charge in [-0.25, -0.2) is 0 Å². The van der Waals surface area contributed by atoms with Crippen molar-refractivity contribution in [3.05, 3.63) is 0 Å². The van der Waals surface area contributed by atoms with E-state index in [0.717, 1.165) is 19.0 Å². The van der Waals surface area contributed by atoms with E-state index in [2.05, 4.69) is 10.6 Å². The van der Waals surface area contributed by atoms with Crippen molar-refractivity contribution < 1.29 is 9.47 Å². The van der Waals surface area contributed by atoms with Crippen LogP contribution in [0.15, 0.2) is 0 Å². The highest BCUT2D eigenvalue weighted by molar-refractivity contribution is 4.75. The Balaban J connectivity index is 1.89. The van der Waals surface area contributed by atoms with Crippen molar-refractivity contribution in [2.75, 3.05) is 47.0 Å². The maximum absolute atomic E-state index is 5.24. The minimum Gasteiger partial charge on any atom is -0.382 e. The monoisotopic (exact) mass is 202 g/mol. The summed E-state index contributed by atoms with van der Waals surface area (Å²) in [5, 5.41) is 6.66. The van der Waals surface area contributed by atoms with Crippen LogP contribution in [0.3, 0.4) is 0 Å². The Morgan fingerprint density at radius 1 is 1.43 bits per heavy atom. The third-order valence-electron chi connectivity index (χ3n) is 2.65. The van der Waals surface area contributed by atoms with Crippen LogP contribution in [0.1, 0.15) is 6.42 Å². The number of ether oxygens (including phenoxy) is 2. The summed E-state index contributed by atoms with van der Waals surface area (Å²) in [6, 6.07) is 0. The van der Waals surface area contributed by atoms with Gasteiger partial charge in [0.15, 0.2) is 0 Å². The Morgan fingerprint density at radius 2 is 2.21 bits per heavy atom. The van der Waals surface area contributed by atoms with Crippen LogP contribution in [-0.2, 0) is 9.47 Å². The molecule has 1 atom stereocenters. The quantitative estimate of drug-likeness (QED) is 0.537. The smallest absolute Gasteiger partial charge is 0.0928 e. The van der Waals surface area contributed by atoms with Crippen molar-refractivity contribution in [2.24, 2.45) is 5.92 Å². The van der Waals surface area contributed by atoms with Gasteiger partial charge in [-0.2, -0.15) is 0 Å². The second kappa shape index (κ2) is 7.17. The minimum atomic E-state index is 0.180. The zero-order valence-corrected chi connectivity index (χ0v) is 9.21. The first kappa shape index (κ1) is 11.9. The van der Waals surface area contributed by atoms with Gasteiger partial charge in [0.05, 0.1) is 12.7 Å². The highest BCUT2D eigenvalue weighted by atomic mass is 16.5. The maximum Gasteiger partial charge on any atom is 0.0928 e. The van der Waals surface area contributed by atoms with Crippen LogP contribution in [0.5, 0.6) is 0 Å². The molecule has 1 fully saturated rings. The summed E-state index contributed by atoms with van der Waals surface area (Å²) in [5.41, 5.74) is 0. The highest BCUT2D eigenvalue weighted by Gasteiger charge is 2.15. The van der Waals surface area contributed by atoms with E-state index in [1.807, 2.05) is 0 Å². The second-order valence-corrected chi connectivity index (χ2v) is 3.83. The van der Waals surface area contributed by atoms with E-state index >= 15 is 0 Å². The van der Waals surface area contributed by atoms with Crippen molar-refractivity contribution in [1.82, 2.24) is 10.6 Å². The topological polar surface area (TPSA) is 42.5 Å². The van der Waals surface area contributed by atoms with E-state index in [0.29, 0.717) is 6.61 Å². The molecule has 1 unspecified atom stereocenters. The maximum atomic E-state index is 5.24. The summed E-state index contributed by atoms with van der Waals surface area (Å²) in [4.78, 5) is 0. The molecule has 0 aromatic heterocycles. The molecular weight excluding hydrogens is 180 g/mol. The van der Waals surface area contributed by atoms with Gasteiger partial charge in [-0.3, -0.25) is 0 Å². The molecule has 4 heteroatoms. The molecule has 1 aliphatic rings. The lowest BCUT2D eigenvalue weighted by atomic mass is 10.00. The fourth-order valence-electron chi connectivity index (χ4n) is 1.52. The van der Waals surface area contributed by atoms with Crippen molar-refractivity contribution in [3.63, 3.8) is 0 Å². The molecule has 0 radical (unpaired) electrons. The molecule has 1 saturated heterocycles. The molecule has 0 spiro atoms. The van der Waals surface area contributed by atoms with Crippen LogP contribution in [-0.4, -0.2) is 53.1 Å². The first-order chi connectivity index (χ1) is 6.86. The fraction of sp³-hybridized carbons (Fsp3) is 1.00. The number of nitrogens with one attached hydrogen (secondary N) is 2. The van der Waals surface area contributed by atoms with E-state index in [9.17, 15) is 0 Å². The molecule has 2 N–H and O–H groups in total. The Bertz CT molecular complexity index is 140. The standard InChI is InChI=1S/C10H22N2O2/c1-13-8-10(14-2)7-11-4-3-9-5-12-6-9/h9-12H,3-8H2,1-2H3. The average Bonchev–Trinajstić information content (AvgIpc) is 2.13. The van der Waals surface area contributed by atoms with Crippen molar-refractivity contribution in [1.29, 1.82) is 0 Å². The summed E-state index contributed by atoms with van der Waals surface area (Å²) < 4.78 is 10.3. The zero-order valence-electron chi connectivity index (χ0n) is 9.21. The first-order valence-corrected chi connectivity index (χ1v) is 5.30. The molecule has 0 amide bonds. The summed E-state index contributed by atoms with van der Waals surface area (Å²) in [6.07, 6.45) is 1.44. The lowest BCUT2D eigenvalue weighted by Gasteiger charge is -2.27. The van der Waals surface area contributed by atoms with Gasteiger partial charge < -0.3 is 20.1 Å². The molecule has 4 nitrogen and oxygen atoms in total. The third kappa shape index (κ3) is 4.37. The lowest BCUT2D eigenvalue weighted by molar-refractivity contribution is 0.0288. The molecule has 0 saturated carbocycles. The predicted molar refractivity (Wildman–Crippen MR) is 56.5 cm³/mol. The van der Waals surface area contributed by atoms with Gasteiger partial charge in [-0.15, -0.1) is 0 Å². The van der Waals surface area contributed by atoms with Crippen LogP contribution in [0, 0.1) is 5.92 Å². The molecule has 0 aromatic rings. The molecular formula is C10H22N2O2. The van der Waals surface area contributed by atoms with E-state index < -0.39 is 0 Å². The Morgan fingerprint density at radius 3 is 2.71 bits per heavy atom. The van der Waals surface area contributed by atoms with Crippen LogP contribution >= 0.6 is 0 Å². The van der Waals surface area contributed by atoms with E-state index in [1.165, 1.54) is 19.5 Å².